The van der Waals surface area contributed by atoms with E-state index >= 15 is 4.39 Å². The normalized spacial score (nSPS) is 20.9. The minimum absolute atomic E-state index is 0.202. The highest BCUT2D eigenvalue weighted by Gasteiger charge is 2.36. The molecule has 2 atom stereocenters. The molecule has 6 heterocycles. The molecule has 2 bridgehead atoms. The maximum Gasteiger partial charge on any atom is 0.274 e. The molecule has 4 aliphatic rings. The number of fused-ring (bicyclic) bond motifs is 5. The number of aliphatic hydroxyl groups is 1. The number of aliphatic hydroxyl groups excluding tert-OH is 1. The highest BCUT2D eigenvalue weighted by Crippen LogP contribution is 2.37. The number of likely N-dealkylation sites (N-methyl/N-ethyl adjacent to an activating group) is 1. The van der Waals surface area contributed by atoms with Gasteiger partial charge in [-0.15, -0.1) is 0 Å². The molecule has 48 heavy (non-hydrogen) atoms. The predicted molar refractivity (Wildman–Crippen MR) is 182 cm³/mol. The fourth-order valence-electron chi connectivity index (χ4n) is 7.92. The van der Waals surface area contributed by atoms with Crippen LogP contribution >= 0.6 is 0 Å². The van der Waals surface area contributed by atoms with Gasteiger partial charge in [-0.3, -0.25) is 14.5 Å². The maximum absolute atomic E-state index is 15.4. The van der Waals surface area contributed by atoms with Crippen molar-refractivity contribution in [2.75, 3.05) is 55.0 Å². The van der Waals surface area contributed by atoms with E-state index < -0.39 is 12.4 Å². The van der Waals surface area contributed by atoms with E-state index in [0.717, 1.165) is 44.5 Å². The largest absolute Gasteiger partial charge is 0.392 e. The molecule has 1 aromatic carbocycles. The summed E-state index contributed by atoms with van der Waals surface area (Å²) in [6.07, 6.45) is 7.58. The third-order valence-electron chi connectivity index (χ3n) is 10.6. The maximum atomic E-state index is 15.4. The number of nitrogens with zero attached hydrogens (tertiary/aromatic N) is 6. The van der Waals surface area contributed by atoms with Crippen molar-refractivity contribution < 1.29 is 19.0 Å². The summed E-state index contributed by atoms with van der Waals surface area (Å²) >= 11 is 0. The van der Waals surface area contributed by atoms with Gasteiger partial charge in [-0.1, -0.05) is 0 Å². The standard InChI is InChI=1S/C36H40FN7O4/c1-40-16-23(11-30(35(40)46)39-34-8-7-25(15-38-34)42-17-26-20-48-21-27(18-42)41(26)2)28-13-24(37)14-32(29(28)19-45)44-10-9-43-31-6-4-3-5-22(31)12-33(43)36(44)47/h7-8,11-16,26-27,45H,3-6,9-10,17-21H2,1-2H3,(H,38,39). The van der Waals surface area contributed by atoms with E-state index in [4.69, 9.17) is 4.74 Å². The van der Waals surface area contributed by atoms with Crippen molar-refractivity contribution in [3.8, 4) is 11.1 Å². The van der Waals surface area contributed by atoms with Crippen LogP contribution in [-0.2, 0) is 37.8 Å². The lowest BCUT2D eigenvalue weighted by molar-refractivity contribution is -0.0439. The molecule has 0 saturated carbocycles. The molecule has 3 aliphatic heterocycles. The zero-order valence-electron chi connectivity index (χ0n) is 27.3. The summed E-state index contributed by atoms with van der Waals surface area (Å²) in [6, 6.07) is 10.8. The second-order valence-corrected chi connectivity index (χ2v) is 13.4. The van der Waals surface area contributed by atoms with Crippen molar-refractivity contribution >= 4 is 28.8 Å². The van der Waals surface area contributed by atoms with Crippen molar-refractivity contribution in [2.45, 2.75) is 50.9 Å². The van der Waals surface area contributed by atoms with Gasteiger partial charge in [0.1, 0.15) is 23.0 Å². The van der Waals surface area contributed by atoms with Crippen LogP contribution in [-0.4, -0.2) is 82.0 Å². The lowest BCUT2D eigenvalue weighted by Gasteiger charge is -2.48. The van der Waals surface area contributed by atoms with Crippen molar-refractivity contribution in [1.29, 1.82) is 0 Å². The number of ether oxygens (including phenoxy) is 1. The van der Waals surface area contributed by atoms with Gasteiger partial charge in [-0.2, -0.15) is 0 Å². The molecule has 8 rings (SSSR count). The molecule has 2 unspecified atom stereocenters. The van der Waals surface area contributed by atoms with Crippen LogP contribution in [0.3, 0.4) is 0 Å². The number of carbonyl (C=O) groups is 1. The van der Waals surface area contributed by atoms with Crippen LogP contribution in [0.2, 0.25) is 0 Å². The highest BCUT2D eigenvalue weighted by molar-refractivity contribution is 6.07. The molecule has 4 aromatic rings. The zero-order chi connectivity index (χ0) is 33.1. The first-order chi connectivity index (χ1) is 23.3. The predicted octanol–water partition coefficient (Wildman–Crippen LogP) is 3.68. The van der Waals surface area contributed by atoms with Crippen LogP contribution in [0.25, 0.3) is 11.1 Å². The van der Waals surface area contributed by atoms with Gasteiger partial charge < -0.3 is 34.1 Å². The lowest BCUT2D eigenvalue weighted by atomic mass is 9.97. The molecular formula is C36H40FN7O4. The number of aromatic nitrogens is 3. The first-order valence-corrected chi connectivity index (χ1v) is 16.7. The number of carbonyl (C=O) groups excluding carboxylic acids is 1. The average molecular weight is 654 g/mol. The number of aryl methyl sites for hydroxylation is 2. The van der Waals surface area contributed by atoms with Crippen LogP contribution in [0, 0.1) is 5.82 Å². The first kappa shape index (κ1) is 30.8. The molecule has 2 N–H and O–H groups in total. The van der Waals surface area contributed by atoms with Crippen molar-refractivity contribution in [3.63, 3.8) is 0 Å². The van der Waals surface area contributed by atoms with Crippen LogP contribution < -0.4 is 20.7 Å². The second kappa shape index (κ2) is 12.2. The first-order valence-electron chi connectivity index (χ1n) is 16.7. The van der Waals surface area contributed by atoms with Crippen LogP contribution in [0.15, 0.2) is 53.6 Å². The van der Waals surface area contributed by atoms with Gasteiger partial charge in [-0.05, 0) is 80.3 Å². The van der Waals surface area contributed by atoms with Crippen molar-refractivity contribution in [1.82, 2.24) is 19.0 Å². The molecule has 0 spiro atoms. The molecule has 11 nitrogen and oxygen atoms in total. The topological polar surface area (TPSA) is 108 Å². The average Bonchev–Trinajstić information content (AvgIpc) is 3.46. The molecule has 3 aromatic heterocycles. The Morgan fingerprint density at radius 3 is 2.56 bits per heavy atom. The van der Waals surface area contributed by atoms with E-state index in [9.17, 15) is 14.7 Å². The number of halogens is 1. The monoisotopic (exact) mass is 653 g/mol. The molecule has 1 aliphatic carbocycles. The molecule has 250 valence electrons. The third kappa shape index (κ3) is 5.28. The minimum Gasteiger partial charge on any atom is -0.392 e. The number of nitrogens with one attached hydrogen (secondary N) is 1. The quantitative estimate of drug-likeness (QED) is 0.325. The van der Waals surface area contributed by atoms with Gasteiger partial charge in [0.15, 0.2) is 0 Å². The number of benzene rings is 1. The zero-order valence-corrected chi connectivity index (χ0v) is 27.3. The third-order valence-corrected chi connectivity index (χ3v) is 10.6. The van der Waals surface area contributed by atoms with E-state index in [-0.39, 0.29) is 17.2 Å². The van der Waals surface area contributed by atoms with Gasteiger partial charge in [0.2, 0.25) is 0 Å². The van der Waals surface area contributed by atoms with E-state index in [1.54, 1.807) is 24.2 Å². The van der Waals surface area contributed by atoms with Crippen LogP contribution in [0.1, 0.15) is 40.2 Å². The van der Waals surface area contributed by atoms with Crippen molar-refractivity contribution in [3.05, 3.63) is 87.5 Å². The van der Waals surface area contributed by atoms with Gasteiger partial charge >= 0.3 is 0 Å². The smallest absolute Gasteiger partial charge is 0.274 e. The van der Waals surface area contributed by atoms with E-state index in [2.05, 4.69) is 31.7 Å². The Kier molecular flexibility index (Phi) is 7.81. The number of hydrogen-bond donors (Lipinski definition) is 2. The summed E-state index contributed by atoms with van der Waals surface area (Å²) in [7, 11) is 3.78. The summed E-state index contributed by atoms with van der Waals surface area (Å²) in [6.45, 7) is 3.69. The van der Waals surface area contributed by atoms with Gasteiger partial charge in [-0.25, -0.2) is 9.37 Å². The lowest BCUT2D eigenvalue weighted by Crippen LogP contribution is -2.63. The van der Waals surface area contributed by atoms with Crippen molar-refractivity contribution in [2.24, 2.45) is 7.05 Å². The SMILES string of the molecule is CN1C2COCC1CN(c1ccc(Nc3cc(-c4cc(F)cc(N5CCn6c(cc7c6CCCC7)C5=O)c4CO)cn(C)c3=O)nc1)C2. The molecule has 12 heteroatoms. The van der Waals surface area contributed by atoms with Crippen LogP contribution in [0.5, 0.6) is 0 Å². The molecule has 2 saturated heterocycles. The van der Waals surface area contributed by atoms with Gasteiger partial charge in [0.25, 0.3) is 11.5 Å². The second-order valence-electron chi connectivity index (χ2n) is 13.4. The van der Waals surface area contributed by atoms with Crippen LogP contribution in [0.4, 0.5) is 27.3 Å². The summed E-state index contributed by atoms with van der Waals surface area (Å²) < 4.78 is 24.7. The van der Waals surface area contributed by atoms with Gasteiger partial charge in [0, 0.05) is 56.2 Å². The van der Waals surface area contributed by atoms with E-state index in [1.165, 1.54) is 28.0 Å². The molecule has 2 fully saturated rings. The Balaban J connectivity index is 1.08. The summed E-state index contributed by atoms with van der Waals surface area (Å²) in [5, 5.41) is 13.8. The fourth-order valence-corrected chi connectivity index (χ4v) is 7.92. The Morgan fingerprint density at radius 1 is 1.02 bits per heavy atom. The summed E-state index contributed by atoms with van der Waals surface area (Å²) in [5.41, 5.74) is 5.74. The Bertz CT molecular complexity index is 1940. The fraction of sp³-hybridized carbons (Fsp3) is 0.417. The number of anilines is 4. The summed E-state index contributed by atoms with van der Waals surface area (Å²) in [4.78, 5) is 38.0. The molecule has 0 radical (unpaired) electrons. The number of rotatable bonds is 6. The summed E-state index contributed by atoms with van der Waals surface area (Å²) in [5.74, 6) is -0.240. The molecule has 1 amide bonds. The highest BCUT2D eigenvalue weighted by atomic mass is 19.1. The van der Waals surface area contributed by atoms with E-state index in [0.29, 0.717) is 72.3 Å². The Hall–Kier alpha value is -4.52. The van der Waals surface area contributed by atoms with Gasteiger partial charge in [0.05, 0.1) is 49.5 Å². The molecular weight excluding hydrogens is 613 g/mol. The van der Waals surface area contributed by atoms with E-state index in [1.807, 2.05) is 24.4 Å². The minimum atomic E-state index is -0.537. The Labute approximate surface area is 278 Å². The number of piperazine rings is 1. The Morgan fingerprint density at radius 2 is 1.81 bits per heavy atom. The number of morpholine rings is 1. The number of hydrogen-bond acceptors (Lipinski definition) is 8. The number of amides is 1. The number of pyridine rings is 2.